The quantitative estimate of drug-likeness (QED) is 0.665. The van der Waals surface area contributed by atoms with Crippen molar-refractivity contribution in [2.75, 3.05) is 0 Å². The molecule has 1 heterocycles. The fourth-order valence-electron chi connectivity index (χ4n) is 1.21. The summed E-state index contributed by atoms with van der Waals surface area (Å²) in [6.07, 6.45) is 0. The molecule has 0 saturated carbocycles. The van der Waals surface area contributed by atoms with Crippen LogP contribution in [0.1, 0.15) is 13.8 Å². The summed E-state index contributed by atoms with van der Waals surface area (Å²) >= 11 is 1.46. The maximum absolute atomic E-state index is 2.32. The zero-order valence-electron chi connectivity index (χ0n) is 7.04. The zero-order chi connectivity index (χ0) is 7.40. The number of thiophene rings is 1. The third-order valence-corrected chi connectivity index (χ3v) is 7.01. The molecule has 0 saturated heterocycles. The van der Waals surface area contributed by atoms with E-state index in [0.29, 0.717) is 0 Å². The van der Waals surface area contributed by atoms with Gasteiger partial charge in [0.15, 0.2) is 0 Å². The molecule has 0 aliphatic heterocycles. The number of hydrogen-bond acceptors (Lipinski definition) is 1. The third-order valence-electron chi connectivity index (χ3n) is 1.93. The number of rotatable bonds is 3. The zero-order valence-corrected chi connectivity index (χ0v) is 9.83. The van der Waals surface area contributed by atoms with Crippen LogP contribution in [0.3, 0.4) is 0 Å². The van der Waals surface area contributed by atoms with Gasteiger partial charge < -0.3 is 0 Å². The Morgan fingerprint density at radius 3 is 2.36 bits per heavy atom. The maximum Gasteiger partial charge on any atom is 0.322 e. The van der Waals surface area contributed by atoms with Crippen molar-refractivity contribution >= 4 is 41.6 Å². The van der Waals surface area contributed by atoms with Gasteiger partial charge >= 0.3 is 14.1 Å². The lowest BCUT2D eigenvalue weighted by atomic mass is 10.7. The molecule has 0 fully saturated rings. The fraction of sp³-hybridized carbons (Fsp3) is 0.500. The summed E-state index contributed by atoms with van der Waals surface area (Å²) in [6, 6.07) is 4.47. The van der Waals surface area contributed by atoms with E-state index >= 15 is 0 Å². The molecular weight excluding hydrogens is 191 g/mol. The van der Waals surface area contributed by atoms with E-state index < -0.39 is 14.1 Å². The van der Waals surface area contributed by atoms with Crippen LogP contribution in [0.2, 0.25) is 10.6 Å². The van der Waals surface area contributed by atoms with E-state index in [9.17, 15) is 0 Å². The molecule has 0 spiro atoms. The molecule has 11 heavy (non-hydrogen) atoms. The van der Waals surface area contributed by atoms with Crippen LogP contribution < -0.4 is 3.74 Å². The van der Waals surface area contributed by atoms with Gasteiger partial charge in [0.1, 0.15) is 0 Å². The van der Waals surface area contributed by atoms with Gasteiger partial charge in [-0.05, 0) is 5.38 Å². The molecule has 0 nitrogen and oxygen atoms in total. The monoisotopic (exact) mass is 204 g/mol. The summed E-state index contributed by atoms with van der Waals surface area (Å²) in [5.41, 5.74) is 0. The van der Waals surface area contributed by atoms with Crippen molar-refractivity contribution < 1.29 is 0 Å². The smallest absolute Gasteiger partial charge is 0.167 e. The minimum atomic E-state index is -0.483. The van der Waals surface area contributed by atoms with E-state index in [2.05, 4.69) is 31.4 Å². The van der Waals surface area contributed by atoms with Crippen LogP contribution >= 0.6 is 23.7 Å². The van der Waals surface area contributed by atoms with Crippen molar-refractivity contribution in [2.24, 2.45) is 0 Å². The Balaban J connectivity index is 0.000001000. The molecule has 0 N–H and O–H groups in total. The second kappa shape index (κ2) is 6.08. The second-order valence-corrected chi connectivity index (χ2v) is 7.58. The SMILES string of the molecule is C[CH2][Al]([CH2]C)[c]1cccs1.Cl. The highest BCUT2D eigenvalue weighted by Crippen LogP contribution is 2.03. The Kier molecular flexibility index (Phi) is 6.37. The lowest BCUT2D eigenvalue weighted by Crippen LogP contribution is -2.24. The normalized spacial score (nSPS) is 8.91. The third kappa shape index (κ3) is 3.17. The maximum atomic E-state index is 2.32. The molecular formula is C8H14AlClS. The fourth-order valence-corrected chi connectivity index (χ4v) is 5.46. The second-order valence-electron chi connectivity index (χ2n) is 2.53. The van der Waals surface area contributed by atoms with Gasteiger partial charge in [-0.2, -0.15) is 11.3 Å². The van der Waals surface area contributed by atoms with Crippen LogP contribution in [0.5, 0.6) is 0 Å². The molecule has 0 aromatic carbocycles. The first-order valence-electron chi connectivity index (χ1n) is 3.91. The Labute approximate surface area is 83.4 Å². The summed E-state index contributed by atoms with van der Waals surface area (Å²) in [6.45, 7) is 4.64. The molecule has 3 heteroatoms. The lowest BCUT2D eigenvalue weighted by Gasteiger charge is -2.00. The minimum Gasteiger partial charge on any atom is -0.167 e. The predicted molar refractivity (Wildman–Crippen MR) is 57.9 cm³/mol. The van der Waals surface area contributed by atoms with Gasteiger partial charge in [-0.3, -0.25) is 0 Å². The van der Waals surface area contributed by atoms with Crippen LogP contribution in [0.15, 0.2) is 17.5 Å². The standard InChI is InChI=1S/C4H3S.2C2H5.Al.ClH/c1-2-4-5-3-1;2*1-2;;/h1-3H;2*1H2,2H3;;1H. The van der Waals surface area contributed by atoms with Crippen molar-refractivity contribution in [3.05, 3.63) is 17.5 Å². The van der Waals surface area contributed by atoms with Crippen molar-refractivity contribution in [3.63, 3.8) is 0 Å². The molecule has 0 aliphatic carbocycles. The molecule has 0 unspecified atom stereocenters. The highest BCUT2D eigenvalue weighted by Gasteiger charge is 2.14. The first-order valence-corrected chi connectivity index (χ1v) is 7.00. The molecule has 1 aromatic rings. The first kappa shape index (κ1) is 11.5. The molecule has 0 aliphatic rings. The van der Waals surface area contributed by atoms with Crippen LogP contribution in [0.25, 0.3) is 0 Å². The van der Waals surface area contributed by atoms with E-state index in [-0.39, 0.29) is 12.4 Å². The van der Waals surface area contributed by atoms with Gasteiger partial charge in [-0.15, -0.1) is 12.4 Å². The number of hydrogen-bond donors (Lipinski definition) is 0. The van der Waals surface area contributed by atoms with Gasteiger partial charge in [0.05, 0.1) is 0 Å². The molecule has 62 valence electrons. The van der Waals surface area contributed by atoms with E-state index in [0.717, 1.165) is 0 Å². The molecule has 1 rings (SSSR count). The number of halogens is 1. The minimum absolute atomic E-state index is 0. The molecule has 0 atom stereocenters. The summed E-state index contributed by atoms with van der Waals surface area (Å²) in [5.74, 6) is 0. The van der Waals surface area contributed by atoms with E-state index in [1.807, 2.05) is 11.3 Å². The Hall–Kier alpha value is 0.522. The summed E-state index contributed by atoms with van der Waals surface area (Å²) in [4.78, 5) is 0. The molecule has 0 radical (unpaired) electrons. The van der Waals surface area contributed by atoms with Crippen LogP contribution in [0, 0.1) is 0 Å². The van der Waals surface area contributed by atoms with Crippen molar-refractivity contribution in [3.8, 4) is 0 Å². The van der Waals surface area contributed by atoms with Crippen molar-refractivity contribution in [2.45, 2.75) is 24.4 Å². The van der Waals surface area contributed by atoms with Gasteiger partial charge in [0.25, 0.3) is 0 Å². The van der Waals surface area contributed by atoms with Crippen LogP contribution in [-0.4, -0.2) is 14.1 Å². The van der Waals surface area contributed by atoms with Gasteiger partial charge in [-0.1, -0.05) is 40.3 Å². The van der Waals surface area contributed by atoms with E-state index in [4.69, 9.17) is 0 Å². The average Bonchev–Trinajstić information content (AvgIpc) is 2.43. The van der Waals surface area contributed by atoms with E-state index in [1.165, 1.54) is 10.6 Å². The largest absolute Gasteiger partial charge is 0.322 e. The van der Waals surface area contributed by atoms with E-state index in [1.54, 1.807) is 3.74 Å². The van der Waals surface area contributed by atoms with Crippen molar-refractivity contribution in [1.29, 1.82) is 0 Å². The average molecular weight is 205 g/mol. The summed E-state index contributed by atoms with van der Waals surface area (Å²) in [5, 5.41) is 5.02. The summed E-state index contributed by atoms with van der Waals surface area (Å²) < 4.78 is 1.69. The first-order chi connectivity index (χ1) is 4.88. The predicted octanol–water partition coefficient (Wildman–Crippen LogP) is 2.91. The van der Waals surface area contributed by atoms with Crippen molar-refractivity contribution in [1.82, 2.24) is 0 Å². The molecule has 0 bridgehead atoms. The van der Waals surface area contributed by atoms with Gasteiger partial charge in [0, 0.05) is 0 Å². The topological polar surface area (TPSA) is 0 Å². The Bertz CT molecular complexity index is 170. The Morgan fingerprint density at radius 1 is 1.36 bits per heavy atom. The van der Waals surface area contributed by atoms with Gasteiger partial charge in [0.2, 0.25) is 0 Å². The Morgan fingerprint density at radius 2 is 2.00 bits per heavy atom. The molecule has 1 aromatic heterocycles. The van der Waals surface area contributed by atoms with Crippen LogP contribution in [-0.2, 0) is 0 Å². The highest BCUT2D eigenvalue weighted by molar-refractivity contribution is 7.22. The van der Waals surface area contributed by atoms with Crippen LogP contribution in [0.4, 0.5) is 0 Å². The highest BCUT2D eigenvalue weighted by atomic mass is 35.5. The summed E-state index contributed by atoms with van der Waals surface area (Å²) in [7, 11) is 0. The van der Waals surface area contributed by atoms with Gasteiger partial charge in [-0.25, -0.2) is 0 Å². The lowest BCUT2D eigenvalue weighted by molar-refractivity contribution is 1.33. The molecule has 0 amide bonds.